The van der Waals surface area contributed by atoms with Crippen LogP contribution in [0.4, 0.5) is 0 Å². The zero-order valence-corrected chi connectivity index (χ0v) is 8.99. The predicted molar refractivity (Wildman–Crippen MR) is 59.5 cm³/mol. The van der Waals surface area contributed by atoms with Crippen molar-refractivity contribution < 1.29 is 9.53 Å². The summed E-state index contributed by atoms with van der Waals surface area (Å²) in [7, 11) is 1.64. The molecule has 1 aromatic rings. The quantitative estimate of drug-likeness (QED) is 0.736. The van der Waals surface area contributed by atoms with Crippen LogP contribution in [0.3, 0.4) is 0 Å². The minimum atomic E-state index is -0.428. The minimum absolute atomic E-state index is 0.158. The fourth-order valence-corrected chi connectivity index (χ4v) is 1.84. The summed E-state index contributed by atoms with van der Waals surface area (Å²) < 4.78 is 5.32. The molecule has 1 atom stereocenters. The zero-order valence-electron chi connectivity index (χ0n) is 8.99. The lowest BCUT2D eigenvalue weighted by Gasteiger charge is -2.17. The molecule has 2 rings (SSSR count). The summed E-state index contributed by atoms with van der Waals surface area (Å²) in [5.74, 6) is 0.158. The molecule has 0 bridgehead atoms. The molecule has 0 amide bonds. The van der Waals surface area contributed by atoms with Gasteiger partial charge in [-0.05, 0) is 18.6 Å². The molecular weight excluding hydrogens is 188 g/mol. The number of allylic oxidation sites excluding steroid dienone is 1. The third kappa shape index (κ3) is 1.85. The molecule has 15 heavy (non-hydrogen) atoms. The first-order valence-electron chi connectivity index (χ1n) is 5.01. The number of hydrogen-bond acceptors (Lipinski definition) is 2. The van der Waals surface area contributed by atoms with Gasteiger partial charge in [0.1, 0.15) is 0 Å². The zero-order chi connectivity index (χ0) is 10.9. The van der Waals surface area contributed by atoms with Gasteiger partial charge in [0.25, 0.3) is 0 Å². The van der Waals surface area contributed by atoms with E-state index in [1.807, 2.05) is 43.3 Å². The van der Waals surface area contributed by atoms with E-state index in [0.717, 1.165) is 11.1 Å². The summed E-state index contributed by atoms with van der Waals surface area (Å²) in [5.41, 5.74) is 1.32. The third-order valence-electron chi connectivity index (χ3n) is 2.81. The third-order valence-corrected chi connectivity index (χ3v) is 2.81. The Bertz CT molecular complexity index is 406. The summed E-state index contributed by atoms with van der Waals surface area (Å²) in [6, 6.07) is 9.72. The lowest BCUT2D eigenvalue weighted by Crippen LogP contribution is -2.22. The second-order valence-electron chi connectivity index (χ2n) is 4.04. The standard InChI is InChI=1S/C13H14O2/c1-13(15-2)8-11(12(14)9-13)10-6-4-3-5-7-10/h3-8H,9H2,1-2H3/t13-/m1/s1. The molecule has 78 valence electrons. The van der Waals surface area contributed by atoms with Gasteiger partial charge in [-0.2, -0.15) is 0 Å². The van der Waals surface area contributed by atoms with Crippen LogP contribution in [0.2, 0.25) is 0 Å². The van der Waals surface area contributed by atoms with Crippen LogP contribution in [0.5, 0.6) is 0 Å². The fourth-order valence-electron chi connectivity index (χ4n) is 1.84. The average Bonchev–Trinajstić information content (AvgIpc) is 2.57. The number of ketones is 1. The van der Waals surface area contributed by atoms with E-state index in [-0.39, 0.29) is 5.78 Å². The number of carbonyl (C=O) groups excluding carboxylic acids is 1. The maximum Gasteiger partial charge on any atom is 0.166 e. The van der Waals surface area contributed by atoms with Crippen LogP contribution in [-0.4, -0.2) is 18.5 Å². The second kappa shape index (κ2) is 3.63. The molecule has 1 aliphatic rings. The normalized spacial score (nSPS) is 25.5. The van der Waals surface area contributed by atoms with Crippen molar-refractivity contribution >= 4 is 11.4 Å². The molecule has 0 fully saturated rings. The lowest BCUT2D eigenvalue weighted by atomic mass is 10.1. The molecule has 0 saturated carbocycles. The van der Waals surface area contributed by atoms with Crippen LogP contribution in [0.25, 0.3) is 5.57 Å². The first-order valence-corrected chi connectivity index (χ1v) is 5.01. The number of hydrogen-bond donors (Lipinski definition) is 0. The molecule has 0 aliphatic heterocycles. The number of benzene rings is 1. The van der Waals surface area contributed by atoms with Gasteiger partial charge in [-0.1, -0.05) is 30.3 Å². The lowest BCUT2D eigenvalue weighted by molar-refractivity contribution is -0.116. The smallest absolute Gasteiger partial charge is 0.166 e. The van der Waals surface area contributed by atoms with E-state index in [9.17, 15) is 4.79 Å². The number of carbonyl (C=O) groups is 1. The van der Waals surface area contributed by atoms with E-state index >= 15 is 0 Å². The molecule has 0 N–H and O–H groups in total. The van der Waals surface area contributed by atoms with Crippen LogP contribution in [0.1, 0.15) is 18.9 Å². The molecule has 1 aromatic carbocycles. The molecular formula is C13H14O2. The van der Waals surface area contributed by atoms with Gasteiger partial charge in [-0.3, -0.25) is 4.79 Å². The highest BCUT2D eigenvalue weighted by molar-refractivity contribution is 6.23. The Morgan fingerprint density at radius 3 is 2.47 bits per heavy atom. The van der Waals surface area contributed by atoms with Crippen molar-refractivity contribution in [2.24, 2.45) is 0 Å². The van der Waals surface area contributed by atoms with Crippen molar-refractivity contribution in [1.29, 1.82) is 0 Å². The first-order chi connectivity index (χ1) is 7.14. The summed E-state index contributed by atoms with van der Waals surface area (Å²) >= 11 is 0. The van der Waals surface area contributed by atoms with Crippen molar-refractivity contribution in [3.63, 3.8) is 0 Å². The van der Waals surface area contributed by atoms with Crippen molar-refractivity contribution in [2.45, 2.75) is 18.9 Å². The second-order valence-corrected chi connectivity index (χ2v) is 4.04. The number of rotatable bonds is 2. The van der Waals surface area contributed by atoms with Gasteiger partial charge in [0.05, 0.1) is 5.60 Å². The molecule has 0 heterocycles. The Morgan fingerprint density at radius 1 is 1.27 bits per heavy atom. The SMILES string of the molecule is CO[C@]1(C)C=C(c2ccccc2)C(=O)C1. The number of methoxy groups -OCH3 is 1. The van der Waals surface area contributed by atoms with Gasteiger partial charge in [-0.15, -0.1) is 0 Å². The highest BCUT2D eigenvalue weighted by Crippen LogP contribution is 2.33. The van der Waals surface area contributed by atoms with Gasteiger partial charge < -0.3 is 4.74 Å². The van der Waals surface area contributed by atoms with E-state index in [2.05, 4.69) is 0 Å². The molecule has 0 aromatic heterocycles. The van der Waals surface area contributed by atoms with Crippen LogP contribution < -0.4 is 0 Å². The Kier molecular flexibility index (Phi) is 2.45. The molecule has 0 spiro atoms. The van der Waals surface area contributed by atoms with Crippen molar-refractivity contribution in [1.82, 2.24) is 0 Å². The highest BCUT2D eigenvalue weighted by atomic mass is 16.5. The van der Waals surface area contributed by atoms with E-state index in [0.29, 0.717) is 6.42 Å². The molecule has 2 heteroatoms. The summed E-state index contributed by atoms with van der Waals surface area (Å²) in [6.07, 6.45) is 2.36. The van der Waals surface area contributed by atoms with E-state index < -0.39 is 5.60 Å². The van der Waals surface area contributed by atoms with E-state index in [4.69, 9.17) is 4.74 Å². The van der Waals surface area contributed by atoms with Crippen LogP contribution in [-0.2, 0) is 9.53 Å². The van der Waals surface area contributed by atoms with Gasteiger partial charge in [-0.25, -0.2) is 0 Å². The van der Waals surface area contributed by atoms with Gasteiger partial charge in [0.15, 0.2) is 5.78 Å². The van der Waals surface area contributed by atoms with Gasteiger partial charge >= 0.3 is 0 Å². The first kappa shape index (κ1) is 10.1. The Labute approximate surface area is 89.6 Å². The molecule has 1 aliphatic carbocycles. The van der Waals surface area contributed by atoms with Crippen LogP contribution >= 0.6 is 0 Å². The summed E-state index contributed by atoms with van der Waals surface area (Å²) in [5, 5.41) is 0. The highest BCUT2D eigenvalue weighted by Gasteiger charge is 2.34. The Hall–Kier alpha value is -1.41. The topological polar surface area (TPSA) is 26.3 Å². The van der Waals surface area contributed by atoms with Crippen LogP contribution in [0, 0.1) is 0 Å². The Morgan fingerprint density at radius 2 is 1.93 bits per heavy atom. The van der Waals surface area contributed by atoms with Crippen molar-refractivity contribution in [2.75, 3.05) is 7.11 Å². The number of ether oxygens (including phenoxy) is 1. The maximum absolute atomic E-state index is 11.8. The van der Waals surface area contributed by atoms with E-state index in [1.54, 1.807) is 7.11 Å². The largest absolute Gasteiger partial charge is 0.374 e. The van der Waals surface area contributed by atoms with Gasteiger partial charge in [0, 0.05) is 19.1 Å². The van der Waals surface area contributed by atoms with Crippen molar-refractivity contribution in [3.8, 4) is 0 Å². The summed E-state index contributed by atoms with van der Waals surface area (Å²) in [4.78, 5) is 11.8. The summed E-state index contributed by atoms with van der Waals surface area (Å²) in [6.45, 7) is 1.93. The maximum atomic E-state index is 11.8. The average molecular weight is 202 g/mol. The monoisotopic (exact) mass is 202 g/mol. The number of Topliss-reactive ketones (excluding diaryl/α,β-unsaturated/α-hetero) is 1. The van der Waals surface area contributed by atoms with Crippen LogP contribution in [0.15, 0.2) is 36.4 Å². The fraction of sp³-hybridized carbons (Fsp3) is 0.308. The predicted octanol–water partition coefficient (Wildman–Crippen LogP) is 2.45. The minimum Gasteiger partial charge on any atom is -0.374 e. The van der Waals surface area contributed by atoms with E-state index in [1.165, 1.54) is 0 Å². The Balaban J connectivity index is 2.39. The molecule has 0 unspecified atom stereocenters. The van der Waals surface area contributed by atoms with Crippen molar-refractivity contribution in [3.05, 3.63) is 42.0 Å². The van der Waals surface area contributed by atoms with Gasteiger partial charge in [0.2, 0.25) is 0 Å². The molecule has 2 nitrogen and oxygen atoms in total. The molecule has 0 radical (unpaired) electrons. The molecule has 0 saturated heterocycles.